The minimum atomic E-state index is -0.450. The van der Waals surface area contributed by atoms with E-state index in [2.05, 4.69) is 31.2 Å². The normalized spacial score (nSPS) is 21.4. The van der Waals surface area contributed by atoms with Gasteiger partial charge >= 0.3 is 0 Å². The van der Waals surface area contributed by atoms with Crippen molar-refractivity contribution in [2.45, 2.75) is 25.0 Å². The molecule has 1 aromatic heterocycles. The van der Waals surface area contributed by atoms with Crippen molar-refractivity contribution in [3.8, 4) is 0 Å². The molecule has 1 aliphatic heterocycles. The SMILES string of the molecule is O=C(NC1CC1)C1CN(c2ncc3cc(Br)ccc3n2)CCO1. The third-order valence-corrected chi connectivity index (χ3v) is 4.59. The fourth-order valence-corrected chi connectivity index (χ4v) is 3.04. The molecule has 120 valence electrons. The van der Waals surface area contributed by atoms with Crippen molar-refractivity contribution >= 4 is 38.7 Å². The summed E-state index contributed by atoms with van der Waals surface area (Å²) in [6.45, 7) is 1.68. The van der Waals surface area contributed by atoms with Crippen LogP contribution < -0.4 is 10.2 Å². The summed E-state index contributed by atoms with van der Waals surface area (Å²) in [6, 6.07) is 6.26. The van der Waals surface area contributed by atoms with Gasteiger partial charge in [0, 0.05) is 28.6 Å². The molecule has 1 N–H and O–H groups in total. The minimum Gasteiger partial charge on any atom is -0.365 e. The number of benzene rings is 1. The van der Waals surface area contributed by atoms with Crippen LogP contribution in [0, 0.1) is 0 Å². The molecule has 23 heavy (non-hydrogen) atoms. The Labute approximate surface area is 142 Å². The average molecular weight is 377 g/mol. The second-order valence-electron chi connectivity index (χ2n) is 5.96. The van der Waals surface area contributed by atoms with Crippen molar-refractivity contribution in [1.82, 2.24) is 15.3 Å². The lowest BCUT2D eigenvalue weighted by atomic mass is 10.2. The van der Waals surface area contributed by atoms with E-state index < -0.39 is 6.10 Å². The predicted molar refractivity (Wildman–Crippen MR) is 90.4 cm³/mol. The number of fused-ring (bicyclic) bond motifs is 1. The van der Waals surface area contributed by atoms with Crippen LogP contribution in [0.25, 0.3) is 10.9 Å². The number of ether oxygens (including phenoxy) is 1. The number of carbonyl (C=O) groups excluding carboxylic acids is 1. The van der Waals surface area contributed by atoms with Crippen molar-refractivity contribution in [2.75, 3.05) is 24.6 Å². The first-order valence-electron chi connectivity index (χ1n) is 7.78. The van der Waals surface area contributed by atoms with Crippen molar-refractivity contribution in [3.05, 3.63) is 28.9 Å². The second-order valence-corrected chi connectivity index (χ2v) is 6.88. The molecule has 1 saturated heterocycles. The molecule has 7 heteroatoms. The molecule has 0 radical (unpaired) electrons. The van der Waals surface area contributed by atoms with Crippen LogP contribution in [-0.2, 0) is 9.53 Å². The summed E-state index contributed by atoms with van der Waals surface area (Å²) in [4.78, 5) is 23.2. The smallest absolute Gasteiger partial charge is 0.251 e. The zero-order chi connectivity index (χ0) is 15.8. The molecule has 1 amide bonds. The maximum absolute atomic E-state index is 12.2. The Hall–Kier alpha value is -1.73. The van der Waals surface area contributed by atoms with Crippen LogP contribution in [0.4, 0.5) is 5.95 Å². The first-order chi connectivity index (χ1) is 11.2. The van der Waals surface area contributed by atoms with Crippen LogP contribution in [0.2, 0.25) is 0 Å². The molecule has 2 aliphatic rings. The Morgan fingerprint density at radius 1 is 1.39 bits per heavy atom. The highest BCUT2D eigenvalue weighted by atomic mass is 79.9. The highest BCUT2D eigenvalue weighted by Crippen LogP contribution is 2.22. The van der Waals surface area contributed by atoms with Crippen LogP contribution in [0.5, 0.6) is 0 Å². The molecular weight excluding hydrogens is 360 g/mol. The molecule has 2 aromatic rings. The van der Waals surface area contributed by atoms with Gasteiger partial charge in [-0.15, -0.1) is 0 Å². The molecule has 1 saturated carbocycles. The lowest BCUT2D eigenvalue weighted by Gasteiger charge is -2.32. The molecule has 0 spiro atoms. The van der Waals surface area contributed by atoms with Gasteiger partial charge in [0.25, 0.3) is 5.91 Å². The van der Waals surface area contributed by atoms with Gasteiger partial charge in [-0.05, 0) is 31.0 Å². The topological polar surface area (TPSA) is 67.4 Å². The Bertz CT molecular complexity index is 750. The van der Waals surface area contributed by atoms with E-state index in [-0.39, 0.29) is 5.91 Å². The molecule has 1 atom stereocenters. The summed E-state index contributed by atoms with van der Waals surface area (Å²) < 4.78 is 6.61. The highest BCUT2D eigenvalue weighted by Gasteiger charge is 2.32. The minimum absolute atomic E-state index is 0.0260. The van der Waals surface area contributed by atoms with Crippen LogP contribution in [0.3, 0.4) is 0 Å². The molecule has 1 unspecified atom stereocenters. The first-order valence-corrected chi connectivity index (χ1v) is 8.57. The maximum Gasteiger partial charge on any atom is 0.251 e. The van der Waals surface area contributed by atoms with E-state index in [0.29, 0.717) is 31.7 Å². The molecule has 4 rings (SSSR count). The predicted octanol–water partition coefficient (Wildman–Crippen LogP) is 1.88. The van der Waals surface area contributed by atoms with Crippen molar-refractivity contribution in [1.29, 1.82) is 0 Å². The van der Waals surface area contributed by atoms with Gasteiger partial charge in [-0.2, -0.15) is 0 Å². The molecule has 0 bridgehead atoms. The number of anilines is 1. The standard InChI is InChI=1S/C16H17BrN4O2/c17-11-1-4-13-10(7-11)8-18-16(20-13)21-5-6-23-14(9-21)15(22)19-12-2-3-12/h1,4,7-8,12,14H,2-3,5-6,9H2,(H,19,22). The van der Waals surface area contributed by atoms with E-state index in [1.165, 1.54) is 0 Å². The fourth-order valence-electron chi connectivity index (χ4n) is 2.66. The number of morpholine rings is 1. The summed E-state index contributed by atoms with van der Waals surface area (Å²) >= 11 is 3.45. The van der Waals surface area contributed by atoms with Gasteiger partial charge in [-0.1, -0.05) is 15.9 Å². The number of amides is 1. The number of nitrogens with zero attached hydrogens (tertiary/aromatic N) is 3. The molecule has 6 nitrogen and oxygen atoms in total. The van der Waals surface area contributed by atoms with Crippen LogP contribution in [-0.4, -0.2) is 47.7 Å². The quantitative estimate of drug-likeness (QED) is 0.885. The largest absolute Gasteiger partial charge is 0.365 e. The number of nitrogens with one attached hydrogen (secondary N) is 1. The third-order valence-electron chi connectivity index (χ3n) is 4.09. The van der Waals surface area contributed by atoms with Crippen molar-refractivity contribution < 1.29 is 9.53 Å². The van der Waals surface area contributed by atoms with E-state index in [9.17, 15) is 4.79 Å². The number of hydrogen-bond acceptors (Lipinski definition) is 5. The summed E-state index contributed by atoms with van der Waals surface area (Å²) in [5.41, 5.74) is 0.892. The first kappa shape index (κ1) is 14.8. The molecule has 2 heterocycles. The summed E-state index contributed by atoms with van der Waals surface area (Å²) in [6.07, 6.45) is 3.52. The second kappa shape index (κ2) is 6.05. The Morgan fingerprint density at radius 3 is 3.09 bits per heavy atom. The van der Waals surface area contributed by atoms with Gasteiger partial charge in [-0.3, -0.25) is 4.79 Å². The summed E-state index contributed by atoms with van der Waals surface area (Å²) in [7, 11) is 0. The van der Waals surface area contributed by atoms with Gasteiger partial charge in [0.05, 0.1) is 18.7 Å². The van der Waals surface area contributed by atoms with Crippen LogP contribution in [0.15, 0.2) is 28.9 Å². The Kier molecular flexibility index (Phi) is 3.90. The van der Waals surface area contributed by atoms with Gasteiger partial charge < -0.3 is 15.0 Å². The lowest BCUT2D eigenvalue weighted by Crippen LogP contribution is -2.50. The highest BCUT2D eigenvalue weighted by molar-refractivity contribution is 9.10. The van der Waals surface area contributed by atoms with E-state index >= 15 is 0 Å². The van der Waals surface area contributed by atoms with E-state index in [0.717, 1.165) is 28.2 Å². The number of carbonyl (C=O) groups is 1. The molecule has 1 aromatic carbocycles. The summed E-state index contributed by atoms with van der Waals surface area (Å²) in [5.74, 6) is 0.620. The van der Waals surface area contributed by atoms with Crippen molar-refractivity contribution in [3.63, 3.8) is 0 Å². The maximum atomic E-state index is 12.2. The summed E-state index contributed by atoms with van der Waals surface area (Å²) in [5, 5.41) is 3.98. The van der Waals surface area contributed by atoms with Gasteiger partial charge in [0.1, 0.15) is 0 Å². The van der Waals surface area contributed by atoms with Crippen molar-refractivity contribution in [2.24, 2.45) is 0 Å². The van der Waals surface area contributed by atoms with Gasteiger partial charge in [-0.25, -0.2) is 9.97 Å². The zero-order valence-corrected chi connectivity index (χ0v) is 14.1. The van der Waals surface area contributed by atoms with E-state index in [4.69, 9.17) is 4.74 Å². The Balaban J connectivity index is 1.52. The van der Waals surface area contributed by atoms with E-state index in [1.54, 1.807) is 0 Å². The van der Waals surface area contributed by atoms with Gasteiger partial charge in [0.15, 0.2) is 6.10 Å². The number of aromatic nitrogens is 2. The fraction of sp³-hybridized carbons (Fsp3) is 0.438. The number of halogens is 1. The molecule has 2 fully saturated rings. The van der Waals surface area contributed by atoms with Crippen LogP contribution >= 0.6 is 15.9 Å². The van der Waals surface area contributed by atoms with E-state index in [1.807, 2.05) is 29.3 Å². The third kappa shape index (κ3) is 3.30. The lowest BCUT2D eigenvalue weighted by molar-refractivity contribution is -0.133. The van der Waals surface area contributed by atoms with Gasteiger partial charge in [0.2, 0.25) is 5.95 Å². The molecular formula is C16H17BrN4O2. The average Bonchev–Trinajstić information content (AvgIpc) is 3.38. The molecule has 1 aliphatic carbocycles. The van der Waals surface area contributed by atoms with Crippen LogP contribution in [0.1, 0.15) is 12.8 Å². The Morgan fingerprint density at radius 2 is 2.26 bits per heavy atom. The number of rotatable bonds is 3. The number of hydrogen-bond donors (Lipinski definition) is 1. The zero-order valence-electron chi connectivity index (χ0n) is 12.5. The monoisotopic (exact) mass is 376 g/mol.